The molecule has 2 fully saturated rings. The van der Waals surface area contributed by atoms with E-state index in [0.717, 1.165) is 69.1 Å². The highest BCUT2D eigenvalue weighted by Gasteiger charge is 2.32. The summed E-state index contributed by atoms with van der Waals surface area (Å²) in [5.74, 6) is 0.997. The summed E-state index contributed by atoms with van der Waals surface area (Å²) >= 11 is 0. The van der Waals surface area contributed by atoms with E-state index in [9.17, 15) is 4.79 Å². The summed E-state index contributed by atoms with van der Waals surface area (Å²) < 4.78 is 5.56. The summed E-state index contributed by atoms with van der Waals surface area (Å²) in [5, 5.41) is 3.39. The van der Waals surface area contributed by atoms with Gasteiger partial charge in [-0.25, -0.2) is 0 Å². The maximum atomic E-state index is 13.5. The van der Waals surface area contributed by atoms with Gasteiger partial charge in [0.05, 0.1) is 12.8 Å². The number of anilines is 1. The lowest BCUT2D eigenvalue weighted by Crippen LogP contribution is -2.53. The largest absolute Gasteiger partial charge is 0.495 e. The molecule has 2 aromatic carbocycles. The third kappa shape index (κ3) is 5.20. The monoisotopic (exact) mass is 422 g/mol. The molecule has 1 N–H and O–H groups in total. The van der Waals surface area contributed by atoms with E-state index in [4.69, 9.17) is 4.74 Å². The number of carbonyl (C=O) groups excluding carboxylic acids is 1. The maximum Gasteiger partial charge on any atom is 0.242 e. The second-order valence-corrected chi connectivity index (χ2v) is 8.62. The van der Waals surface area contributed by atoms with Crippen molar-refractivity contribution in [3.63, 3.8) is 0 Å². The van der Waals surface area contributed by atoms with Gasteiger partial charge >= 0.3 is 0 Å². The summed E-state index contributed by atoms with van der Waals surface area (Å²) in [6.45, 7) is 5.57. The molecule has 6 heteroatoms. The zero-order valence-corrected chi connectivity index (χ0v) is 18.7. The van der Waals surface area contributed by atoms with Gasteiger partial charge < -0.3 is 19.9 Å². The number of piperidine rings is 1. The summed E-state index contributed by atoms with van der Waals surface area (Å²) in [5.41, 5.74) is 2.17. The van der Waals surface area contributed by atoms with Crippen molar-refractivity contribution in [1.82, 2.24) is 15.1 Å². The van der Waals surface area contributed by atoms with E-state index in [1.807, 2.05) is 36.4 Å². The summed E-state index contributed by atoms with van der Waals surface area (Å²) in [4.78, 5) is 20.5. The molecule has 0 bridgehead atoms. The Bertz CT molecular complexity index is 852. The van der Waals surface area contributed by atoms with Crippen molar-refractivity contribution in [2.45, 2.75) is 24.9 Å². The van der Waals surface area contributed by atoms with Gasteiger partial charge in [-0.1, -0.05) is 42.5 Å². The van der Waals surface area contributed by atoms with Crippen LogP contribution in [-0.4, -0.2) is 75.2 Å². The molecule has 2 aliphatic heterocycles. The molecule has 31 heavy (non-hydrogen) atoms. The number of carbonyl (C=O) groups is 1. The SMILES string of the molecule is COc1ccccc1N1CCCC(NC(=O)C(c2ccccc2)N2CCN(C)CC2)C1. The number of hydrogen-bond donors (Lipinski definition) is 1. The van der Waals surface area contributed by atoms with E-state index in [1.165, 1.54) is 0 Å². The van der Waals surface area contributed by atoms with Crippen molar-refractivity contribution in [1.29, 1.82) is 0 Å². The minimum atomic E-state index is -0.239. The minimum Gasteiger partial charge on any atom is -0.495 e. The Morgan fingerprint density at radius 1 is 1.00 bits per heavy atom. The average Bonchev–Trinajstić information content (AvgIpc) is 2.81. The highest BCUT2D eigenvalue weighted by atomic mass is 16.5. The van der Waals surface area contributed by atoms with Crippen LogP contribution in [0.15, 0.2) is 54.6 Å². The van der Waals surface area contributed by atoms with Crippen LogP contribution in [0.3, 0.4) is 0 Å². The molecule has 2 unspecified atom stereocenters. The average molecular weight is 423 g/mol. The van der Waals surface area contributed by atoms with E-state index >= 15 is 0 Å². The number of piperazine rings is 1. The van der Waals surface area contributed by atoms with Crippen LogP contribution in [0.2, 0.25) is 0 Å². The molecule has 2 aliphatic rings. The lowest BCUT2D eigenvalue weighted by molar-refractivity contribution is -0.128. The van der Waals surface area contributed by atoms with Gasteiger partial charge in [-0.05, 0) is 37.6 Å². The number of rotatable bonds is 6. The number of nitrogens with zero attached hydrogens (tertiary/aromatic N) is 3. The molecule has 4 rings (SSSR count). The third-order valence-electron chi connectivity index (χ3n) is 6.46. The highest BCUT2D eigenvalue weighted by molar-refractivity contribution is 5.83. The molecule has 2 saturated heterocycles. The molecular formula is C25H34N4O2. The minimum absolute atomic E-state index is 0.114. The standard InChI is InChI=1S/C25H34N4O2/c1-27-15-17-28(18-16-27)24(20-9-4-3-5-10-20)25(30)26-21-11-8-14-29(19-21)22-12-6-7-13-23(22)31-2/h3-7,9-10,12-13,21,24H,8,11,14-19H2,1-2H3,(H,26,30). The lowest BCUT2D eigenvalue weighted by Gasteiger charge is -2.39. The fourth-order valence-electron chi connectivity index (χ4n) is 4.73. The molecule has 1 amide bonds. The van der Waals surface area contributed by atoms with E-state index in [2.05, 4.69) is 45.3 Å². The van der Waals surface area contributed by atoms with Gasteiger partial charge in [0.2, 0.25) is 5.91 Å². The Morgan fingerprint density at radius 3 is 2.45 bits per heavy atom. The number of nitrogens with one attached hydrogen (secondary N) is 1. The van der Waals surface area contributed by atoms with Crippen LogP contribution in [0, 0.1) is 0 Å². The maximum absolute atomic E-state index is 13.5. The van der Waals surface area contributed by atoms with Gasteiger partial charge in [0.25, 0.3) is 0 Å². The highest BCUT2D eigenvalue weighted by Crippen LogP contribution is 2.30. The fraction of sp³-hybridized carbons (Fsp3) is 0.480. The number of benzene rings is 2. The predicted octanol–water partition coefficient (Wildman–Crippen LogP) is 2.77. The molecular weight excluding hydrogens is 388 g/mol. The molecule has 166 valence electrons. The first-order valence-electron chi connectivity index (χ1n) is 11.3. The Balaban J connectivity index is 1.47. The van der Waals surface area contributed by atoms with E-state index in [0.29, 0.717) is 0 Å². The molecule has 6 nitrogen and oxygen atoms in total. The summed E-state index contributed by atoms with van der Waals surface area (Å²) in [6.07, 6.45) is 2.05. The van der Waals surface area contributed by atoms with Gasteiger partial charge in [0.1, 0.15) is 11.8 Å². The van der Waals surface area contributed by atoms with E-state index in [-0.39, 0.29) is 18.0 Å². The van der Waals surface area contributed by atoms with Crippen LogP contribution in [0.4, 0.5) is 5.69 Å². The van der Waals surface area contributed by atoms with Gasteiger partial charge in [-0.15, -0.1) is 0 Å². The van der Waals surface area contributed by atoms with Gasteiger partial charge in [-0.2, -0.15) is 0 Å². The second kappa shape index (κ2) is 10.2. The van der Waals surface area contributed by atoms with E-state index in [1.54, 1.807) is 7.11 Å². The number of hydrogen-bond acceptors (Lipinski definition) is 5. The quantitative estimate of drug-likeness (QED) is 0.776. The van der Waals surface area contributed by atoms with Crippen molar-refractivity contribution >= 4 is 11.6 Å². The number of para-hydroxylation sites is 2. The Labute approximate surface area is 185 Å². The topological polar surface area (TPSA) is 48.1 Å². The molecule has 2 aromatic rings. The van der Waals surface area contributed by atoms with Crippen molar-refractivity contribution in [3.8, 4) is 5.75 Å². The molecule has 0 saturated carbocycles. The number of likely N-dealkylation sites (N-methyl/N-ethyl adjacent to an activating group) is 1. The molecule has 2 heterocycles. The Kier molecular flexibility index (Phi) is 7.10. The third-order valence-corrected chi connectivity index (χ3v) is 6.46. The zero-order chi connectivity index (χ0) is 21.6. The number of methoxy groups -OCH3 is 1. The first-order valence-corrected chi connectivity index (χ1v) is 11.3. The fourth-order valence-corrected chi connectivity index (χ4v) is 4.73. The van der Waals surface area contributed by atoms with Gasteiger partial charge in [-0.3, -0.25) is 9.69 Å². The molecule has 0 spiro atoms. The van der Waals surface area contributed by atoms with Crippen LogP contribution in [-0.2, 0) is 4.79 Å². The predicted molar refractivity (Wildman–Crippen MR) is 125 cm³/mol. The van der Waals surface area contributed by atoms with Crippen LogP contribution in [0.1, 0.15) is 24.4 Å². The van der Waals surface area contributed by atoms with Crippen LogP contribution in [0.25, 0.3) is 0 Å². The normalized spacial score (nSPS) is 21.5. The smallest absolute Gasteiger partial charge is 0.242 e. The molecule has 0 radical (unpaired) electrons. The van der Waals surface area contributed by atoms with Crippen molar-refractivity contribution in [2.75, 3.05) is 58.3 Å². The van der Waals surface area contributed by atoms with Crippen LogP contribution >= 0.6 is 0 Å². The zero-order valence-electron chi connectivity index (χ0n) is 18.7. The molecule has 0 aliphatic carbocycles. The lowest BCUT2D eigenvalue weighted by atomic mass is 10.0. The van der Waals surface area contributed by atoms with Crippen LogP contribution in [0.5, 0.6) is 5.75 Å². The molecule has 2 atom stereocenters. The summed E-state index contributed by atoms with van der Waals surface area (Å²) in [7, 11) is 3.85. The number of amides is 1. The Morgan fingerprint density at radius 2 is 1.71 bits per heavy atom. The van der Waals surface area contributed by atoms with E-state index < -0.39 is 0 Å². The number of ether oxygens (including phenoxy) is 1. The first kappa shape index (κ1) is 21.7. The second-order valence-electron chi connectivity index (χ2n) is 8.62. The molecule has 0 aromatic heterocycles. The van der Waals surface area contributed by atoms with Crippen molar-refractivity contribution in [3.05, 3.63) is 60.2 Å². The Hall–Kier alpha value is -2.57. The van der Waals surface area contributed by atoms with Crippen molar-refractivity contribution in [2.24, 2.45) is 0 Å². The summed E-state index contributed by atoms with van der Waals surface area (Å²) in [6, 6.07) is 18.2. The van der Waals surface area contributed by atoms with Crippen LogP contribution < -0.4 is 15.0 Å². The van der Waals surface area contributed by atoms with Gasteiger partial charge in [0.15, 0.2) is 0 Å². The van der Waals surface area contributed by atoms with Crippen molar-refractivity contribution < 1.29 is 9.53 Å². The first-order chi connectivity index (χ1) is 15.2. The van der Waals surface area contributed by atoms with Gasteiger partial charge in [0, 0.05) is 45.3 Å².